The zero-order chi connectivity index (χ0) is 70.6. The lowest BCUT2D eigenvalue weighted by atomic mass is 9.81. The molecule has 30 heteroatoms. The fraction of sp³-hybridized carbons (Fsp3) is 0.406. The number of aliphatic hydroxyl groups is 5. The zero-order valence-corrected chi connectivity index (χ0v) is 54.1. The lowest BCUT2D eigenvalue weighted by molar-refractivity contribution is -0.227. The highest BCUT2D eigenvalue weighted by Crippen LogP contribution is 2.48. The van der Waals surface area contributed by atoms with Crippen molar-refractivity contribution in [3.8, 4) is 22.5 Å². The van der Waals surface area contributed by atoms with E-state index in [-0.39, 0.29) is 49.2 Å². The van der Waals surface area contributed by atoms with Gasteiger partial charge in [0.2, 0.25) is 35.4 Å². The highest BCUT2D eigenvalue weighted by molar-refractivity contribution is 5.96. The maximum atomic E-state index is 15.5. The number of aryl methyl sites for hydroxylation is 1. The first-order valence-electron chi connectivity index (χ1n) is 32.3. The van der Waals surface area contributed by atoms with Crippen molar-refractivity contribution in [2.45, 2.75) is 126 Å². The van der Waals surface area contributed by atoms with Crippen LogP contribution in [0.15, 0.2) is 95.8 Å². The number of rotatable bonds is 25. The normalized spacial score (nSPS) is 20.6. The highest BCUT2D eigenvalue weighted by atomic mass is 19.1. The number of cyclic esters (lactones) is 1. The Morgan fingerprint density at radius 2 is 1.43 bits per heavy atom. The zero-order valence-electron chi connectivity index (χ0n) is 54.1. The number of halogens is 1. The predicted octanol–water partition coefficient (Wildman–Crippen LogP) is -0.257. The molecule has 0 saturated carbocycles. The second-order valence-corrected chi connectivity index (χ2v) is 24.9. The Labute approximate surface area is 564 Å². The number of hydrogen-bond acceptors (Lipinski definition) is 20. The van der Waals surface area contributed by atoms with Crippen molar-refractivity contribution in [2.75, 3.05) is 53.2 Å². The molecule has 0 radical (unpaired) electrons. The monoisotopic (exact) mass is 1370 g/mol. The molecule has 8 amide bonds. The van der Waals surface area contributed by atoms with E-state index in [0.29, 0.717) is 57.4 Å². The molecule has 1 saturated heterocycles. The van der Waals surface area contributed by atoms with Crippen molar-refractivity contribution >= 4 is 64.3 Å². The quantitative estimate of drug-likeness (QED) is 0.0199. The minimum absolute atomic E-state index is 0.0211. The van der Waals surface area contributed by atoms with Gasteiger partial charge >= 0.3 is 12.1 Å². The van der Waals surface area contributed by atoms with E-state index in [1.807, 2.05) is 48.5 Å². The van der Waals surface area contributed by atoms with Gasteiger partial charge in [0.1, 0.15) is 62.3 Å². The summed E-state index contributed by atoms with van der Waals surface area (Å²) in [5.74, 6) is -6.95. The number of ether oxygens (including phenoxy) is 4. The van der Waals surface area contributed by atoms with Gasteiger partial charge in [-0.25, -0.2) is 19.0 Å². The van der Waals surface area contributed by atoms with Crippen LogP contribution in [0.1, 0.15) is 94.8 Å². The fourth-order valence-electron chi connectivity index (χ4n) is 13.4. The highest BCUT2D eigenvalue weighted by Gasteiger charge is 2.47. The van der Waals surface area contributed by atoms with Crippen LogP contribution >= 0.6 is 0 Å². The second kappa shape index (κ2) is 30.0. The third-order valence-corrected chi connectivity index (χ3v) is 18.7. The number of pyridine rings is 2. The topological polar surface area (TPSA) is 414 Å². The van der Waals surface area contributed by atoms with E-state index in [1.165, 1.54) is 22.6 Å². The van der Waals surface area contributed by atoms with E-state index in [2.05, 4.69) is 37.2 Å². The van der Waals surface area contributed by atoms with Crippen LogP contribution in [0.3, 0.4) is 0 Å². The van der Waals surface area contributed by atoms with Crippen LogP contribution in [0.4, 0.5) is 9.18 Å². The van der Waals surface area contributed by atoms with Gasteiger partial charge in [0.15, 0.2) is 11.7 Å². The van der Waals surface area contributed by atoms with Gasteiger partial charge in [0, 0.05) is 55.4 Å². The van der Waals surface area contributed by atoms with Gasteiger partial charge in [-0.2, -0.15) is 0 Å². The third kappa shape index (κ3) is 14.6. The first-order valence-corrected chi connectivity index (χ1v) is 32.3. The molecule has 9 atom stereocenters. The molecular weight excluding hydrogens is 1290 g/mol. The molecule has 11 rings (SSSR count). The molecule has 0 spiro atoms. The van der Waals surface area contributed by atoms with Crippen LogP contribution < -0.4 is 42.8 Å². The molecule has 12 N–H and O–H groups in total. The number of amides is 8. The number of benzene rings is 4. The van der Waals surface area contributed by atoms with Crippen LogP contribution in [0.2, 0.25) is 0 Å². The summed E-state index contributed by atoms with van der Waals surface area (Å²) in [7, 11) is 1.48. The number of fused-ring (bicyclic) bond motifs is 8. The van der Waals surface area contributed by atoms with Crippen LogP contribution in [0.5, 0.6) is 0 Å². The maximum Gasteiger partial charge on any atom is 0.411 e. The van der Waals surface area contributed by atoms with Gasteiger partial charge in [-0.3, -0.25) is 38.4 Å². The van der Waals surface area contributed by atoms with E-state index >= 15 is 4.39 Å². The number of nitrogens with one attached hydrogen (secondary N) is 7. The van der Waals surface area contributed by atoms with Crippen LogP contribution in [-0.4, -0.2) is 189 Å². The minimum Gasteiger partial charge on any atom is -0.458 e. The number of aliphatic hydroxyl groups excluding tert-OH is 4. The predicted molar refractivity (Wildman–Crippen MR) is 346 cm³/mol. The smallest absolute Gasteiger partial charge is 0.411 e. The number of esters is 1. The van der Waals surface area contributed by atoms with Crippen LogP contribution in [0.25, 0.3) is 33.4 Å². The first kappa shape index (κ1) is 70.2. The average Bonchev–Trinajstić information content (AvgIpc) is 1.59. The second-order valence-electron chi connectivity index (χ2n) is 24.9. The van der Waals surface area contributed by atoms with E-state index in [4.69, 9.17) is 23.9 Å². The fourth-order valence-corrected chi connectivity index (χ4v) is 13.4. The van der Waals surface area contributed by atoms with Crippen molar-refractivity contribution in [3.63, 3.8) is 0 Å². The summed E-state index contributed by atoms with van der Waals surface area (Å²) in [6.45, 7) is -1.24. The summed E-state index contributed by atoms with van der Waals surface area (Å²) < 4.78 is 38.9. The van der Waals surface area contributed by atoms with E-state index in [1.54, 1.807) is 50.2 Å². The summed E-state index contributed by atoms with van der Waals surface area (Å²) in [5, 5.41) is 70.2. The number of aromatic nitrogens is 2. The number of nitrogens with zero attached hydrogens (tertiary/aromatic N) is 3. The lowest BCUT2D eigenvalue weighted by Gasteiger charge is -2.40. The van der Waals surface area contributed by atoms with Crippen molar-refractivity contribution < 1.29 is 92.0 Å². The van der Waals surface area contributed by atoms with E-state index in [0.717, 1.165) is 22.3 Å². The molecule has 99 heavy (non-hydrogen) atoms. The molecule has 0 bridgehead atoms. The summed E-state index contributed by atoms with van der Waals surface area (Å²) in [6, 6.07) is 23.7. The molecule has 3 aliphatic heterocycles. The summed E-state index contributed by atoms with van der Waals surface area (Å²) in [6.07, 6.45) is -10.4. The van der Waals surface area contributed by atoms with Gasteiger partial charge in [-0.05, 0) is 76.8 Å². The Morgan fingerprint density at radius 1 is 0.778 bits per heavy atom. The minimum atomic E-state index is -2.08. The van der Waals surface area contributed by atoms with Gasteiger partial charge in [-0.15, -0.1) is 0 Å². The number of hydrogen-bond donors (Lipinski definition) is 12. The largest absolute Gasteiger partial charge is 0.458 e. The van der Waals surface area contributed by atoms with Crippen molar-refractivity contribution in [1.29, 1.82) is 0 Å². The number of carbonyl (C=O) groups is 9. The van der Waals surface area contributed by atoms with Crippen molar-refractivity contribution in [1.82, 2.24) is 51.7 Å². The van der Waals surface area contributed by atoms with Crippen LogP contribution in [0, 0.1) is 12.7 Å². The maximum absolute atomic E-state index is 15.5. The van der Waals surface area contributed by atoms with Gasteiger partial charge in [-0.1, -0.05) is 85.8 Å². The molecular formula is C69H75FN10O19. The van der Waals surface area contributed by atoms with Gasteiger partial charge < -0.3 is 91.2 Å². The molecule has 1 fully saturated rings. The Kier molecular flexibility index (Phi) is 21.3. The molecule has 2 aromatic heterocycles. The molecule has 522 valence electrons. The van der Waals surface area contributed by atoms with Crippen LogP contribution in [-0.2, 0) is 88.9 Å². The van der Waals surface area contributed by atoms with E-state index < -0.39 is 178 Å². The molecule has 5 heterocycles. The molecule has 2 aliphatic carbocycles. The third-order valence-electron chi connectivity index (χ3n) is 18.7. The lowest BCUT2D eigenvalue weighted by Crippen LogP contribution is -2.60. The summed E-state index contributed by atoms with van der Waals surface area (Å²) in [5.41, 5.74) is 4.84. The Balaban J connectivity index is 0.666. The molecule has 5 aliphatic rings. The van der Waals surface area contributed by atoms with Gasteiger partial charge in [0.05, 0.1) is 67.3 Å². The molecule has 29 nitrogen and oxygen atoms in total. The molecule has 4 aromatic carbocycles. The standard InChI is InChI=1S/C69H75FN10O19/c1-4-69(95)43-23-48-59-41(29-80(48)66(92)42(43)31-97-67(69)93)58-45(19-18-36-34(2)44(70)24-46(78-59)57(36)58)76-56(86)32-96-33-75-54(84)27-73-64(90)47(22-35-12-6-5-7-13-35)77-55(85)28-72-53(83)26-74-65(91)49(20-21-52(82)71-25-50-61(87)63(89)62(88)51(30-81)98-50)99-68(94)79(3)60-39-16-10-8-14-37(39)38-15-9-11-17-40(38)60/h5-17,23-24,45,47,49-51,60-63,81,87-89,95H,4,18-22,25-33H2,1-3H3,(H,71,82)(H,72,83)(H,73,90)(H,74,91)(H,75,84)(H,76,86)(H,77,85)/t45-,47-,49-,50-,51+,61-,62+,63+,69-/m0/s1. The number of carbonyl (C=O) groups excluding carboxylic acids is 9. The van der Waals surface area contributed by atoms with E-state index in [9.17, 15) is 73.5 Å². The Morgan fingerprint density at radius 3 is 2.13 bits per heavy atom. The SMILES string of the molecule is CC[C@@]1(O)C(=O)OCc2c1cc1n(c2=O)Cc2c-1nc1cc(F)c(C)c3c1c2[C@@H](NC(=O)COCNC(=O)CNC(=O)[C@H](Cc1ccccc1)NC(=O)CNC(=O)CNC(=O)[C@H](CCC(=O)NC[C@@H]1O[C@H](CO)[C@@H](O)[C@H](O)[C@H]1O)OC(=O)N(C)C1c2ccccc2-c2ccccc21)CC3. The first-order chi connectivity index (χ1) is 47.5. The van der Waals surface area contributed by atoms with Crippen molar-refractivity contribution in [3.05, 3.63) is 157 Å². The molecule has 0 unspecified atom stereocenters. The van der Waals surface area contributed by atoms with Crippen molar-refractivity contribution in [2.24, 2.45) is 0 Å². The van der Waals surface area contributed by atoms with Gasteiger partial charge in [0.25, 0.3) is 11.5 Å². The Bertz CT molecular complexity index is 4200. The summed E-state index contributed by atoms with van der Waals surface area (Å²) >= 11 is 0. The Hall–Kier alpha value is -10.1. The average molecular weight is 1370 g/mol. The molecule has 6 aromatic rings. The summed E-state index contributed by atoms with van der Waals surface area (Å²) in [4.78, 5) is 141.